The Morgan fingerprint density at radius 1 is 0.688 bits per heavy atom. The van der Waals surface area contributed by atoms with Crippen LogP contribution in [0.1, 0.15) is 115 Å². The minimum absolute atomic E-state index is 0.0695. The lowest BCUT2D eigenvalue weighted by molar-refractivity contribution is -0.277. The molecule has 3 rings (SSSR count). The van der Waals surface area contributed by atoms with E-state index in [1.54, 1.807) is 104 Å². The number of esters is 2. The molecule has 12 N–H and O–H groups in total. The van der Waals surface area contributed by atoms with Crippen LogP contribution in [0.25, 0.3) is 0 Å². The number of hydrogen-bond acceptors (Lipinski definition) is 20. The molecule has 13 unspecified atom stereocenters. The van der Waals surface area contributed by atoms with Gasteiger partial charge in [-0.1, -0.05) is 106 Å². The third-order valence-corrected chi connectivity index (χ3v) is 14.0. The molecule has 0 amide bonds. The SMILES string of the molecule is COC(=O)C1C(O)CC(=O)CC(O)CC(O)CC(O)CC(=O)CCCC(=O)CC(=O)OC(C(C)CC(C)C(O)CC(=O)c2ccc(N)cc2)C(C)/C=C/C=C/C=C/C=C/C=C/C=C/C=C/C(OC2O[C@H](C)[C@@H](O)[C@H](N)[C@@H]2O)CC1O. The number of anilines is 1. The van der Waals surface area contributed by atoms with Crippen molar-refractivity contribution < 1.29 is 88.6 Å². The van der Waals surface area contributed by atoms with Crippen LogP contribution in [0.15, 0.2) is 109 Å². The predicted octanol–water partition coefficient (Wildman–Crippen LogP) is 3.70. The topological polar surface area (TPSA) is 353 Å². The van der Waals surface area contributed by atoms with Gasteiger partial charge in [0, 0.05) is 62.1 Å². The Morgan fingerprint density at radius 3 is 1.80 bits per heavy atom. The highest BCUT2D eigenvalue weighted by atomic mass is 16.7. The van der Waals surface area contributed by atoms with Gasteiger partial charge in [-0.15, -0.1) is 0 Å². The van der Waals surface area contributed by atoms with Crippen molar-refractivity contribution in [2.75, 3.05) is 12.8 Å². The molecule has 17 atom stereocenters. The molecule has 1 fully saturated rings. The molecule has 0 spiro atoms. The summed E-state index contributed by atoms with van der Waals surface area (Å²) in [7, 11) is 1.02. The van der Waals surface area contributed by atoms with Gasteiger partial charge in [-0.2, -0.15) is 0 Å². The largest absolute Gasteiger partial charge is 0.469 e. The molecule has 0 radical (unpaired) electrons. The fourth-order valence-electron chi connectivity index (χ4n) is 9.49. The van der Waals surface area contributed by atoms with Crippen LogP contribution in [0.3, 0.4) is 0 Å². The molecule has 1 aromatic rings. The molecule has 1 aromatic carbocycles. The van der Waals surface area contributed by atoms with Crippen molar-refractivity contribution in [1.82, 2.24) is 0 Å². The Labute approximate surface area is 469 Å². The van der Waals surface area contributed by atoms with E-state index in [9.17, 15) is 69.6 Å². The van der Waals surface area contributed by atoms with Gasteiger partial charge in [-0.3, -0.25) is 28.8 Å². The van der Waals surface area contributed by atoms with Gasteiger partial charge in [0.05, 0.1) is 68.1 Å². The van der Waals surface area contributed by atoms with Crippen LogP contribution < -0.4 is 11.5 Å². The molecule has 2 aliphatic rings. The Bertz CT molecular complexity index is 2330. The van der Waals surface area contributed by atoms with E-state index < -0.39 is 147 Å². The van der Waals surface area contributed by atoms with Crippen LogP contribution in [0.2, 0.25) is 0 Å². The first-order valence-corrected chi connectivity index (χ1v) is 27.3. The van der Waals surface area contributed by atoms with Crippen molar-refractivity contribution in [1.29, 1.82) is 0 Å². The monoisotopic (exact) mass is 1120 g/mol. The number of nitrogens with two attached hydrogens (primary N) is 2. The lowest BCUT2D eigenvalue weighted by Crippen LogP contribution is -2.61. The first kappa shape index (κ1) is 68.7. The molecule has 0 aromatic heterocycles. The number of aliphatic hydroxyl groups is 8. The van der Waals surface area contributed by atoms with Gasteiger partial charge in [0.2, 0.25) is 0 Å². The number of aliphatic hydroxyl groups excluding tert-OH is 8. The molecule has 20 heteroatoms. The second-order valence-corrected chi connectivity index (χ2v) is 21.1. The number of carbonyl (C=O) groups excluding carboxylic acids is 6. The quantitative estimate of drug-likeness (QED) is 0.0691. The van der Waals surface area contributed by atoms with Gasteiger partial charge in [0.1, 0.15) is 41.9 Å². The molecule has 2 heterocycles. The first-order chi connectivity index (χ1) is 37.9. The molecule has 0 aliphatic carbocycles. The lowest BCUT2D eigenvalue weighted by Gasteiger charge is -2.41. The number of rotatable bonds is 10. The highest BCUT2D eigenvalue weighted by Gasteiger charge is 2.43. The van der Waals surface area contributed by atoms with E-state index in [1.807, 2.05) is 19.9 Å². The van der Waals surface area contributed by atoms with Gasteiger partial charge in [-0.25, -0.2) is 0 Å². The number of Topliss-reactive ketones (excluding diaryl/α,β-unsaturated/α-hetero) is 4. The Kier molecular flexibility index (Phi) is 30.9. The van der Waals surface area contributed by atoms with E-state index in [2.05, 4.69) is 0 Å². The summed E-state index contributed by atoms with van der Waals surface area (Å²) in [6.07, 6.45) is 5.26. The molecule has 80 heavy (non-hydrogen) atoms. The zero-order valence-corrected chi connectivity index (χ0v) is 46.5. The smallest absolute Gasteiger partial charge is 0.313 e. The van der Waals surface area contributed by atoms with Crippen molar-refractivity contribution >= 4 is 40.8 Å². The van der Waals surface area contributed by atoms with Crippen molar-refractivity contribution in [2.45, 2.75) is 184 Å². The number of nitrogen functional groups attached to an aromatic ring is 1. The predicted molar refractivity (Wildman–Crippen MR) is 298 cm³/mol. The van der Waals surface area contributed by atoms with Crippen molar-refractivity contribution in [3.63, 3.8) is 0 Å². The molecule has 0 bridgehead atoms. The molecule has 444 valence electrons. The van der Waals surface area contributed by atoms with Crippen LogP contribution in [0.5, 0.6) is 0 Å². The number of ketones is 4. The number of benzene rings is 1. The standard InChI is InChI=1S/C60H86N2O18/c1-36-19-16-14-12-10-8-6-7-9-11-13-15-17-22-48(79-60-57(75)55(62)56(74)39(4)78-60)34-52(72)54(59(76)77-5)51(71)32-47(68)31-46(67)30-45(66)29-44(65)28-42(63)20-18-21-43(64)33-53(73)80-58(36)38(3)27-37(2)49(69)35-50(70)40-23-25-41(61)26-24-40/h6-17,19,22-26,36-39,44-46,48-49,51-52,54-58,60,65-67,69,71-72,74-75H,18,20-21,27-35,61-62H2,1-5H3/b7-6+,10-8+,11-9+,14-12+,15-13+,19-16+,22-17+/t36?,37?,38?,39-,44?,45?,46?,48?,49?,51?,52?,54?,55+,56-,57+,58?,60?/m1/s1. The van der Waals surface area contributed by atoms with Crippen molar-refractivity contribution in [3.05, 3.63) is 115 Å². The number of allylic oxidation sites excluding steroid dienone is 12. The molecule has 0 saturated carbocycles. The van der Waals surface area contributed by atoms with Gasteiger partial charge >= 0.3 is 11.9 Å². The minimum Gasteiger partial charge on any atom is -0.469 e. The molecular formula is C60H86N2O18. The van der Waals surface area contributed by atoms with Gasteiger partial charge in [0.15, 0.2) is 12.1 Å². The Morgan fingerprint density at radius 2 is 1.23 bits per heavy atom. The van der Waals surface area contributed by atoms with E-state index in [0.717, 1.165) is 7.11 Å². The van der Waals surface area contributed by atoms with Gasteiger partial charge in [0.25, 0.3) is 0 Å². The number of methoxy groups -OCH3 is 1. The molecule has 20 nitrogen and oxygen atoms in total. The average Bonchev–Trinajstić information content (AvgIpc) is 3.43. The summed E-state index contributed by atoms with van der Waals surface area (Å²) in [6, 6.07) is 5.27. The number of carbonyl (C=O) groups is 6. The maximum atomic E-state index is 13.3. The fraction of sp³-hybridized carbons (Fsp3) is 0.567. The third-order valence-electron chi connectivity index (χ3n) is 14.0. The number of cyclic esters (lactones) is 1. The van der Waals surface area contributed by atoms with Crippen LogP contribution >= 0.6 is 0 Å². The average molecular weight is 1120 g/mol. The van der Waals surface area contributed by atoms with E-state index in [-0.39, 0.29) is 62.1 Å². The van der Waals surface area contributed by atoms with E-state index in [0.29, 0.717) is 17.7 Å². The third kappa shape index (κ3) is 25.0. The van der Waals surface area contributed by atoms with Crippen LogP contribution in [0, 0.1) is 23.7 Å². The van der Waals surface area contributed by atoms with E-state index in [4.69, 9.17) is 30.4 Å². The summed E-state index contributed by atoms with van der Waals surface area (Å²) >= 11 is 0. The summed E-state index contributed by atoms with van der Waals surface area (Å²) in [4.78, 5) is 78.0. The van der Waals surface area contributed by atoms with Gasteiger partial charge < -0.3 is 71.3 Å². The maximum Gasteiger partial charge on any atom is 0.313 e. The van der Waals surface area contributed by atoms with Crippen LogP contribution in [-0.4, -0.2) is 163 Å². The van der Waals surface area contributed by atoms with E-state index in [1.165, 1.54) is 13.0 Å². The summed E-state index contributed by atoms with van der Waals surface area (Å²) in [5, 5.41) is 86.7. The highest BCUT2D eigenvalue weighted by molar-refractivity contribution is 5.97. The Hall–Kier alpha value is -5.62. The second-order valence-electron chi connectivity index (χ2n) is 21.1. The summed E-state index contributed by atoms with van der Waals surface area (Å²) in [5.41, 5.74) is 12.7. The van der Waals surface area contributed by atoms with Crippen LogP contribution in [-0.2, 0) is 42.9 Å². The highest BCUT2D eigenvalue weighted by Crippen LogP contribution is 2.29. The maximum absolute atomic E-state index is 13.3. The van der Waals surface area contributed by atoms with Crippen LogP contribution in [0.4, 0.5) is 5.69 Å². The first-order valence-electron chi connectivity index (χ1n) is 27.3. The minimum atomic E-state index is -1.82. The van der Waals surface area contributed by atoms with Crippen molar-refractivity contribution in [2.24, 2.45) is 29.4 Å². The van der Waals surface area contributed by atoms with E-state index >= 15 is 0 Å². The fourth-order valence-corrected chi connectivity index (χ4v) is 9.49. The molecule has 1 saturated heterocycles. The second kappa shape index (κ2) is 36.0. The normalized spacial score (nSPS) is 34.4. The summed E-state index contributed by atoms with van der Waals surface area (Å²) in [6.45, 7) is 7.05. The molecular weight excluding hydrogens is 1040 g/mol. The summed E-state index contributed by atoms with van der Waals surface area (Å²) < 4.78 is 22.5. The lowest BCUT2D eigenvalue weighted by atomic mass is 9.83. The Balaban J connectivity index is 1.84. The number of hydrogen-bond donors (Lipinski definition) is 10. The zero-order valence-electron chi connectivity index (χ0n) is 46.5. The van der Waals surface area contributed by atoms with Crippen molar-refractivity contribution in [3.8, 4) is 0 Å². The summed E-state index contributed by atoms with van der Waals surface area (Å²) in [5.74, 6) is -6.51. The molecule has 2 aliphatic heterocycles. The zero-order chi connectivity index (χ0) is 59.5. The number of ether oxygens (including phenoxy) is 4. The van der Waals surface area contributed by atoms with Gasteiger partial charge in [-0.05, 0) is 68.7 Å².